The minimum Gasteiger partial charge on any atom is -0.481 e. The standard InChI is InChI=1S/C46H87N5O11S/c1-51(2,3)29-23-22-24-39(47)41(52)36-40(46(58)63)50-44(55)38-62-35-33-60-31-28-49-43(54)37-61-34-32-59-30-27-48-42(53)25-20-18-16-14-12-10-8-6-4-5-7-9-11-13-15-17-19-21-26-45(56)57/h39-40H,4-38,47H2,1-3H3,(H4-,48,49,50,53,54,55,56,57,58,63)/p+1/t39-,40+/m0/s1. The maximum atomic E-state index is 12.5. The van der Waals surface area contributed by atoms with E-state index >= 15 is 0 Å². The summed E-state index contributed by atoms with van der Waals surface area (Å²) in [5, 5.41) is 16.1. The number of nitrogens with zero attached hydrogens (tertiary/aromatic N) is 1. The Balaban J connectivity index is 3.55. The number of ketones is 1. The van der Waals surface area contributed by atoms with E-state index in [4.69, 9.17) is 29.8 Å². The summed E-state index contributed by atoms with van der Waals surface area (Å²) in [6, 6.07) is -1.79. The second kappa shape index (κ2) is 42.0. The number of thiol groups is 1. The lowest BCUT2D eigenvalue weighted by Crippen LogP contribution is -2.45. The van der Waals surface area contributed by atoms with Gasteiger partial charge < -0.3 is 50.2 Å². The van der Waals surface area contributed by atoms with E-state index in [0.29, 0.717) is 39.0 Å². The van der Waals surface area contributed by atoms with Crippen LogP contribution in [0.5, 0.6) is 0 Å². The Hall–Kier alpha value is -2.67. The number of aliphatic carboxylic acids is 1. The lowest BCUT2D eigenvalue weighted by molar-refractivity contribution is -0.870. The van der Waals surface area contributed by atoms with Gasteiger partial charge in [0.2, 0.25) is 22.8 Å². The molecule has 0 aromatic rings. The van der Waals surface area contributed by atoms with Crippen LogP contribution in [0.15, 0.2) is 0 Å². The van der Waals surface area contributed by atoms with Crippen molar-refractivity contribution in [3.8, 4) is 0 Å². The molecule has 0 aliphatic rings. The Bertz CT molecular complexity index is 1210. The van der Waals surface area contributed by atoms with E-state index in [1.54, 1.807) is 0 Å². The van der Waals surface area contributed by atoms with Gasteiger partial charge in [-0.15, -0.1) is 12.6 Å². The molecule has 0 bridgehead atoms. The van der Waals surface area contributed by atoms with Crippen LogP contribution in [0, 0.1) is 0 Å². The molecule has 0 rings (SSSR count). The van der Waals surface area contributed by atoms with E-state index in [-0.39, 0.29) is 70.2 Å². The molecule has 0 aliphatic heterocycles. The topological polar surface area (TPSA) is 222 Å². The number of hydrogen-bond acceptors (Lipinski definition) is 11. The lowest BCUT2D eigenvalue weighted by atomic mass is 10.0. The number of quaternary nitrogens is 1. The average molecular weight is 919 g/mol. The first-order chi connectivity index (χ1) is 30.2. The van der Waals surface area contributed by atoms with Gasteiger partial charge in [0, 0.05) is 32.4 Å². The number of unbranched alkanes of at least 4 members (excludes halogenated alkanes) is 18. The summed E-state index contributed by atoms with van der Waals surface area (Å²) < 4.78 is 22.3. The second-order valence-corrected chi connectivity index (χ2v) is 18.0. The molecule has 16 nitrogen and oxygen atoms in total. The monoisotopic (exact) mass is 919 g/mol. The van der Waals surface area contributed by atoms with Gasteiger partial charge in [-0.1, -0.05) is 103 Å². The van der Waals surface area contributed by atoms with E-state index in [9.17, 15) is 28.8 Å². The third-order valence-corrected chi connectivity index (χ3v) is 10.7. The first-order valence-electron chi connectivity index (χ1n) is 23.9. The van der Waals surface area contributed by atoms with Crippen LogP contribution in [0.2, 0.25) is 0 Å². The van der Waals surface area contributed by atoms with E-state index < -0.39 is 29.1 Å². The smallest absolute Gasteiger partial charge is 0.303 e. The Labute approximate surface area is 384 Å². The molecule has 0 heterocycles. The summed E-state index contributed by atoms with van der Waals surface area (Å²) in [7, 11) is 6.29. The molecule has 0 radical (unpaired) electrons. The van der Waals surface area contributed by atoms with Crippen molar-refractivity contribution in [1.82, 2.24) is 16.0 Å². The molecule has 0 saturated carbocycles. The van der Waals surface area contributed by atoms with Gasteiger partial charge in [0.1, 0.15) is 19.3 Å². The maximum Gasteiger partial charge on any atom is 0.303 e. The number of amides is 3. The number of carboxylic acid groups (broad SMARTS) is 1. The second-order valence-electron chi connectivity index (χ2n) is 17.5. The number of Topliss-reactive ketones (excluding diaryl/α,β-unsaturated/α-hetero) is 1. The third kappa shape index (κ3) is 44.3. The molecule has 2 atom stereocenters. The fourth-order valence-corrected chi connectivity index (χ4v) is 6.88. The van der Waals surface area contributed by atoms with Crippen molar-refractivity contribution in [2.45, 2.75) is 166 Å². The van der Waals surface area contributed by atoms with Gasteiger partial charge in [-0.05, 0) is 32.1 Å². The minimum absolute atomic E-state index is 0.0412. The van der Waals surface area contributed by atoms with Gasteiger partial charge in [-0.2, -0.15) is 0 Å². The molecule has 0 unspecified atom stereocenters. The minimum atomic E-state index is -1.09. The van der Waals surface area contributed by atoms with Gasteiger partial charge in [-0.25, -0.2) is 0 Å². The first-order valence-corrected chi connectivity index (χ1v) is 24.3. The normalized spacial score (nSPS) is 12.5. The van der Waals surface area contributed by atoms with Crippen LogP contribution in [-0.2, 0) is 47.7 Å². The highest BCUT2D eigenvalue weighted by molar-refractivity contribution is 7.96. The van der Waals surface area contributed by atoms with E-state index in [2.05, 4.69) is 49.7 Å². The van der Waals surface area contributed by atoms with Crippen molar-refractivity contribution in [2.75, 3.05) is 93.6 Å². The zero-order valence-corrected chi connectivity index (χ0v) is 40.3. The summed E-state index contributed by atoms with van der Waals surface area (Å²) in [6.07, 6.45) is 24.6. The van der Waals surface area contributed by atoms with Gasteiger partial charge in [-0.3, -0.25) is 28.8 Å². The van der Waals surface area contributed by atoms with Gasteiger partial charge >= 0.3 is 5.97 Å². The molecule has 0 fully saturated rings. The number of nitrogens with two attached hydrogens (primary N) is 1. The van der Waals surface area contributed by atoms with Crippen LogP contribution < -0.4 is 21.7 Å². The Morgan fingerprint density at radius 2 is 0.952 bits per heavy atom. The van der Waals surface area contributed by atoms with Crippen molar-refractivity contribution in [1.29, 1.82) is 0 Å². The molecular weight excluding hydrogens is 831 g/mol. The van der Waals surface area contributed by atoms with Crippen molar-refractivity contribution in [3.05, 3.63) is 0 Å². The van der Waals surface area contributed by atoms with Gasteiger partial charge in [0.15, 0.2) is 5.78 Å². The van der Waals surface area contributed by atoms with E-state index in [1.807, 2.05) is 0 Å². The molecule has 63 heavy (non-hydrogen) atoms. The van der Waals surface area contributed by atoms with Crippen molar-refractivity contribution in [2.24, 2.45) is 5.73 Å². The molecule has 3 amide bonds. The van der Waals surface area contributed by atoms with Crippen molar-refractivity contribution >= 4 is 47.2 Å². The predicted molar refractivity (Wildman–Crippen MR) is 250 cm³/mol. The predicted octanol–water partition coefficient (Wildman–Crippen LogP) is 5.28. The van der Waals surface area contributed by atoms with Crippen LogP contribution in [0.4, 0.5) is 0 Å². The number of carbonyl (C=O) groups excluding carboxylic acids is 5. The summed E-state index contributed by atoms with van der Waals surface area (Å²) in [5.41, 5.74) is 6.02. The highest BCUT2D eigenvalue weighted by Crippen LogP contribution is 2.15. The average Bonchev–Trinajstić information content (AvgIpc) is 3.22. The molecule has 368 valence electrons. The van der Waals surface area contributed by atoms with Crippen LogP contribution in [0.3, 0.4) is 0 Å². The zero-order chi connectivity index (χ0) is 46.8. The summed E-state index contributed by atoms with van der Waals surface area (Å²) >= 11 is 3.81. The van der Waals surface area contributed by atoms with Crippen molar-refractivity contribution in [3.63, 3.8) is 0 Å². The summed E-state index contributed by atoms with van der Waals surface area (Å²) in [6.45, 7) is 2.66. The Morgan fingerprint density at radius 3 is 1.40 bits per heavy atom. The SMILES string of the molecule is C[N+](C)(C)CCCC[C@H](N)C(=O)C[C@@H](NC(=O)COCCOCCNC(=O)COCCOCCNC(=O)CCCCCCCCCCCCCCCCCCCCC(=O)O)C(=O)S. The first kappa shape index (κ1) is 60.3. The van der Waals surface area contributed by atoms with Crippen LogP contribution in [-0.4, -0.2) is 150 Å². The number of carbonyl (C=O) groups is 6. The quantitative estimate of drug-likeness (QED) is 0.0261. The highest BCUT2D eigenvalue weighted by atomic mass is 32.1. The summed E-state index contributed by atoms with van der Waals surface area (Å²) in [5.74, 6) is -1.81. The van der Waals surface area contributed by atoms with Crippen LogP contribution in [0.25, 0.3) is 0 Å². The molecular formula is C46H88N5O11S+. The van der Waals surface area contributed by atoms with Gasteiger partial charge in [0.25, 0.3) is 0 Å². The number of hydrogen-bond donors (Lipinski definition) is 6. The van der Waals surface area contributed by atoms with Crippen LogP contribution in [0.1, 0.15) is 154 Å². The molecule has 0 aromatic heterocycles. The third-order valence-electron chi connectivity index (χ3n) is 10.4. The molecule has 6 N–H and O–H groups in total. The Kier molecular flexibility index (Phi) is 40.2. The molecule has 0 spiro atoms. The van der Waals surface area contributed by atoms with Crippen molar-refractivity contribution < 1.29 is 57.3 Å². The molecule has 0 aromatic carbocycles. The number of rotatable bonds is 47. The fraction of sp³-hybridized carbons (Fsp3) is 0.870. The van der Waals surface area contributed by atoms with E-state index in [1.165, 1.54) is 83.5 Å². The fourth-order valence-electron chi connectivity index (χ4n) is 6.72. The number of carboxylic acids is 1. The largest absolute Gasteiger partial charge is 0.481 e. The molecule has 17 heteroatoms. The summed E-state index contributed by atoms with van der Waals surface area (Å²) in [4.78, 5) is 71.2. The number of nitrogens with one attached hydrogen (secondary N) is 3. The van der Waals surface area contributed by atoms with Crippen LogP contribution >= 0.6 is 12.6 Å². The maximum absolute atomic E-state index is 12.5. The Morgan fingerprint density at radius 1 is 0.540 bits per heavy atom. The lowest BCUT2D eigenvalue weighted by Gasteiger charge is -2.24. The molecule has 0 saturated heterocycles. The van der Waals surface area contributed by atoms with E-state index in [0.717, 1.165) is 56.0 Å². The molecule has 0 aliphatic carbocycles. The zero-order valence-electron chi connectivity index (χ0n) is 39.4. The number of ether oxygens (including phenoxy) is 4. The van der Waals surface area contributed by atoms with Gasteiger partial charge in [0.05, 0.1) is 73.4 Å². The highest BCUT2D eigenvalue weighted by Gasteiger charge is 2.24.